The van der Waals surface area contributed by atoms with Gasteiger partial charge in [-0.3, -0.25) is 0 Å². The Morgan fingerprint density at radius 1 is 0.895 bits per heavy atom. The highest BCUT2D eigenvalue weighted by atomic mass is 79.9. The number of para-hydroxylation sites is 2. The van der Waals surface area contributed by atoms with E-state index in [1.807, 2.05) is 48.5 Å². The highest BCUT2D eigenvalue weighted by molar-refractivity contribution is 9.10. The predicted octanol–water partition coefficient (Wildman–Crippen LogP) is 3.37. The number of halogens is 1. The fourth-order valence-electron chi connectivity index (χ4n) is 1.70. The first kappa shape index (κ1) is 13.9. The second kappa shape index (κ2) is 7.16. The van der Waals surface area contributed by atoms with E-state index in [0.717, 1.165) is 21.5 Å². The Morgan fingerprint density at radius 3 is 2.37 bits per heavy atom. The lowest BCUT2D eigenvalue weighted by Gasteiger charge is -2.12. The van der Waals surface area contributed by atoms with Crippen LogP contribution in [0.1, 0.15) is 5.56 Å². The molecule has 0 saturated carbocycles. The molecule has 0 atom stereocenters. The van der Waals surface area contributed by atoms with Crippen molar-refractivity contribution in [3.8, 4) is 11.5 Å². The quantitative estimate of drug-likeness (QED) is 0.830. The van der Waals surface area contributed by atoms with Crippen molar-refractivity contribution in [3.05, 3.63) is 58.6 Å². The summed E-state index contributed by atoms with van der Waals surface area (Å²) in [4.78, 5) is 0. The van der Waals surface area contributed by atoms with Crippen LogP contribution in [0.25, 0.3) is 0 Å². The molecule has 2 rings (SSSR count). The molecule has 0 aliphatic carbocycles. The Kier molecular flexibility index (Phi) is 5.24. The molecule has 0 heterocycles. The molecule has 0 aliphatic heterocycles. The van der Waals surface area contributed by atoms with Crippen molar-refractivity contribution in [2.45, 2.75) is 6.54 Å². The van der Waals surface area contributed by atoms with Gasteiger partial charge in [0.1, 0.15) is 24.7 Å². The van der Waals surface area contributed by atoms with Gasteiger partial charge in [0.05, 0.1) is 4.47 Å². The summed E-state index contributed by atoms with van der Waals surface area (Å²) in [5.41, 5.74) is 6.66. The lowest BCUT2D eigenvalue weighted by atomic mass is 10.2. The maximum absolute atomic E-state index is 5.73. The van der Waals surface area contributed by atoms with E-state index in [4.69, 9.17) is 15.2 Å². The van der Waals surface area contributed by atoms with Gasteiger partial charge < -0.3 is 15.2 Å². The molecule has 0 amide bonds. The van der Waals surface area contributed by atoms with Crippen LogP contribution in [-0.2, 0) is 6.54 Å². The summed E-state index contributed by atoms with van der Waals surface area (Å²) in [6, 6.07) is 15.5. The Morgan fingerprint density at radius 2 is 1.63 bits per heavy atom. The smallest absolute Gasteiger partial charge is 0.138 e. The van der Waals surface area contributed by atoms with E-state index in [1.54, 1.807) is 0 Å². The third-order valence-electron chi connectivity index (χ3n) is 2.61. The average molecular weight is 322 g/mol. The van der Waals surface area contributed by atoms with Gasteiger partial charge in [0.2, 0.25) is 0 Å². The number of rotatable bonds is 6. The summed E-state index contributed by atoms with van der Waals surface area (Å²) in [7, 11) is 0. The van der Waals surface area contributed by atoms with Gasteiger partial charge in [-0.25, -0.2) is 0 Å². The Hall–Kier alpha value is -1.52. The SMILES string of the molecule is NCc1cccc(Br)c1OCCOc1ccccc1. The number of nitrogens with two attached hydrogens (primary N) is 1. The lowest BCUT2D eigenvalue weighted by molar-refractivity contribution is 0.215. The largest absolute Gasteiger partial charge is 0.490 e. The summed E-state index contributed by atoms with van der Waals surface area (Å²) in [5, 5.41) is 0. The van der Waals surface area contributed by atoms with Crippen molar-refractivity contribution >= 4 is 15.9 Å². The van der Waals surface area contributed by atoms with Crippen LogP contribution in [-0.4, -0.2) is 13.2 Å². The van der Waals surface area contributed by atoms with Crippen molar-refractivity contribution < 1.29 is 9.47 Å². The van der Waals surface area contributed by atoms with Crippen LogP contribution in [0.5, 0.6) is 11.5 Å². The van der Waals surface area contributed by atoms with Crippen molar-refractivity contribution in [3.63, 3.8) is 0 Å². The van der Waals surface area contributed by atoms with E-state index in [1.165, 1.54) is 0 Å². The van der Waals surface area contributed by atoms with Gasteiger partial charge in [0.25, 0.3) is 0 Å². The first-order valence-electron chi connectivity index (χ1n) is 6.09. The number of benzene rings is 2. The van der Waals surface area contributed by atoms with Crippen molar-refractivity contribution in [2.24, 2.45) is 5.73 Å². The second-order valence-corrected chi connectivity index (χ2v) is 4.80. The summed E-state index contributed by atoms with van der Waals surface area (Å²) in [6.45, 7) is 1.42. The molecule has 0 bridgehead atoms. The van der Waals surface area contributed by atoms with Gasteiger partial charge >= 0.3 is 0 Å². The maximum Gasteiger partial charge on any atom is 0.138 e. The van der Waals surface area contributed by atoms with Crippen molar-refractivity contribution in [1.29, 1.82) is 0 Å². The minimum Gasteiger partial charge on any atom is -0.490 e. The molecule has 19 heavy (non-hydrogen) atoms. The van der Waals surface area contributed by atoms with E-state index in [0.29, 0.717) is 19.8 Å². The third kappa shape index (κ3) is 3.98. The zero-order valence-corrected chi connectivity index (χ0v) is 12.1. The topological polar surface area (TPSA) is 44.5 Å². The van der Waals surface area contributed by atoms with Gasteiger partial charge in [-0.05, 0) is 34.1 Å². The Balaban J connectivity index is 1.86. The predicted molar refractivity (Wildman–Crippen MR) is 79.5 cm³/mol. The molecule has 0 saturated heterocycles. The standard InChI is InChI=1S/C15H16BrNO2/c16-14-8-4-5-12(11-17)15(14)19-10-9-18-13-6-2-1-3-7-13/h1-8H,9-11,17H2. The van der Waals surface area contributed by atoms with Crippen molar-refractivity contribution in [2.75, 3.05) is 13.2 Å². The van der Waals surface area contributed by atoms with Crippen LogP contribution in [0, 0.1) is 0 Å². The zero-order chi connectivity index (χ0) is 13.5. The summed E-state index contributed by atoms with van der Waals surface area (Å²) < 4.78 is 12.2. The lowest BCUT2D eigenvalue weighted by Crippen LogP contribution is -2.11. The van der Waals surface area contributed by atoms with E-state index in [2.05, 4.69) is 15.9 Å². The first-order chi connectivity index (χ1) is 9.31. The van der Waals surface area contributed by atoms with E-state index in [-0.39, 0.29) is 0 Å². The molecular weight excluding hydrogens is 306 g/mol. The highest BCUT2D eigenvalue weighted by Crippen LogP contribution is 2.28. The number of hydrogen-bond donors (Lipinski definition) is 1. The molecule has 0 unspecified atom stereocenters. The van der Waals surface area contributed by atoms with Gasteiger partial charge in [-0.1, -0.05) is 30.3 Å². The second-order valence-electron chi connectivity index (χ2n) is 3.94. The molecule has 0 radical (unpaired) electrons. The van der Waals surface area contributed by atoms with E-state index >= 15 is 0 Å². The zero-order valence-electron chi connectivity index (χ0n) is 10.5. The highest BCUT2D eigenvalue weighted by Gasteiger charge is 2.06. The minimum atomic E-state index is 0.453. The molecule has 100 valence electrons. The molecule has 0 aromatic heterocycles. The molecule has 2 N–H and O–H groups in total. The number of ether oxygens (including phenoxy) is 2. The van der Waals surface area contributed by atoms with E-state index in [9.17, 15) is 0 Å². The maximum atomic E-state index is 5.73. The molecule has 3 nitrogen and oxygen atoms in total. The summed E-state index contributed by atoms with van der Waals surface area (Å²) in [6.07, 6.45) is 0. The van der Waals surface area contributed by atoms with E-state index < -0.39 is 0 Å². The van der Waals surface area contributed by atoms with Crippen LogP contribution in [0.15, 0.2) is 53.0 Å². The summed E-state index contributed by atoms with van der Waals surface area (Å²) in [5.74, 6) is 1.64. The molecule has 2 aromatic carbocycles. The summed E-state index contributed by atoms with van der Waals surface area (Å²) >= 11 is 3.46. The first-order valence-corrected chi connectivity index (χ1v) is 6.88. The normalized spacial score (nSPS) is 10.2. The van der Waals surface area contributed by atoms with Crippen LogP contribution < -0.4 is 15.2 Å². The molecule has 0 fully saturated rings. The van der Waals surface area contributed by atoms with Crippen LogP contribution in [0.2, 0.25) is 0 Å². The monoisotopic (exact) mass is 321 g/mol. The van der Waals surface area contributed by atoms with Gasteiger partial charge in [0, 0.05) is 12.1 Å². The van der Waals surface area contributed by atoms with Gasteiger partial charge in [0.15, 0.2) is 0 Å². The molecular formula is C15H16BrNO2. The molecule has 0 spiro atoms. The van der Waals surface area contributed by atoms with Gasteiger partial charge in [-0.15, -0.1) is 0 Å². The minimum absolute atomic E-state index is 0.453. The fourth-order valence-corrected chi connectivity index (χ4v) is 2.22. The van der Waals surface area contributed by atoms with Crippen LogP contribution in [0.4, 0.5) is 0 Å². The number of hydrogen-bond acceptors (Lipinski definition) is 3. The molecule has 0 aliphatic rings. The van der Waals surface area contributed by atoms with Crippen LogP contribution >= 0.6 is 15.9 Å². The van der Waals surface area contributed by atoms with Crippen LogP contribution in [0.3, 0.4) is 0 Å². The molecule has 4 heteroatoms. The van der Waals surface area contributed by atoms with Gasteiger partial charge in [-0.2, -0.15) is 0 Å². The Bertz CT molecular complexity index is 517. The average Bonchev–Trinajstić information content (AvgIpc) is 2.46. The molecule has 2 aromatic rings. The van der Waals surface area contributed by atoms with Crippen molar-refractivity contribution in [1.82, 2.24) is 0 Å². The Labute approximate surface area is 121 Å². The fraction of sp³-hybridized carbons (Fsp3) is 0.200. The third-order valence-corrected chi connectivity index (χ3v) is 3.23.